The first kappa shape index (κ1) is 14.7. The fourth-order valence-corrected chi connectivity index (χ4v) is 2.38. The van der Waals surface area contributed by atoms with E-state index in [0.717, 1.165) is 24.0 Å². The standard InChI is InChI=1S/C17H15N5O/c1-2-9-22-15-6-4-3-5-13(15)20-17(22)21-16(23)14-8-7-12(10-18)11-19-14/h3-8,11H,2,9H2,1H3,(H,20,21,23). The van der Waals surface area contributed by atoms with Gasteiger partial charge in [-0.15, -0.1) is 0 Å². The molecule has 0 aliphatic rings. The van der Waals surface area contributed by atoms with E-state index in [2.05, 4.69) is 22.2 Å². The molecular formula is C17H15N5O. The molecule has 0 aliphatic carbocycles. The average molecular weight is 305 g/mol. The van der Waals surface area contributed by atoms with Gasteiger partial charge in [0, 0.05) is 12.7 Å². The number of anilines is 1. The van der Waals surface area contributed by atoms with Crippen molar-refractivity contribution in [3.05, 3.63) is 53.9 Å². The minimum Gasteiger partial charge on any atom is -0.310 e. The van der Waals surface area contributed by atoms with Crippen LogP contribution >= 0.6 is 0 Å². The molecule has 0 spiro atoms. The Kier molecular flexibility index (Phi) is 4.02. The Morgan fingerprint density at radius 3 is 2.83 bits per heavy atom. The second kappa shape index (κ2) is 6.28. The van der Waals surface area contributed by atoms with E-state index in [0.29, 0.717) is 11.5 Å². The van der Waals surface area contributed by atoms with E-state index in [1.807, 2.05) is 34.9 Å². The molecule has 0 bridgehead atoms. The van der Waals surface area contributed by atoms with Crippen LogP contribution in [0.1, 0.15) is 29.4 Å². The van der Waals surface area contributed by atoms with Crippen molar-refractivity contribution >= 4 is 22.9 Å². The number of rotatable bonds is 4. The van der Waals surface area contributed by atoms with Gasteiger partial charge in [0.05, 0.1) is 16.6 Å². The molecule has 1 aromatic carbocycles. The lowest BCUT2D eigenvalue weighted by Gasteiger charge is -2.08. The number of aryl methyl sites for hydroxylation is 1. The lowest BCUT2D eigenvalue weighted by molar-refractivity contribution is 0.102. The number of imidazole rings is 1. The minimum atomic E-state index is -0.345. The van der Waals surface area contributed by atoms with E-state index in [9.17, 15) is 4.79 Å². The van der Waals surface area contributed by atoms with E-state index in [4.69, 9.17) is 5.26 Å². The van der Waals surface area contributed by atoms with Crippen molar-refractivity contribution in [2.45, 2.75) is 19.9 Å². The molecule has 23 heavy (non-hydrogen) atoms. The van der Waals surface area contributed by atoms with E-state index in [1.165, 1.54) is 12.3 Å². The van der Waals surface area contributed by atoms with Crippen LogP contribution in [0.2, 0.25) is 0 Å². The molecule has 1 amide bonds. The van der Waals surface area contributed by atoms with Crippen LogP contribution in [0.25, 0.3) is 11.0 Å². The smallest absolute Gasteiger partial charge is 0.276 e. The number of nitriles is 1. The van der Waals surface area contributed by atoms with Gasteiger partial charge in [-0.2, -0.15) is 5.26 Å². The zero-order valence-electron chi connectivity index (χ0n) is 12.7. The summed E-state index contributed by atoms with van der Waals surface area (Å²) in [7, 11) is 0. The van der Waals surface area contributed by atoms with Gasteiger partial charge >= 0.3 is 0 Å². The number of fused-ring (bicyclic) bond motifs is 1. The van der Waals surface area contributed by atoms with Crippen LogP contribution < -0.4 is 5.32 Å². The van der Waals surface area contributed by atoms with Crippen molar-refractivity contribution in [2.24, 2.45) is 0 Å². The second-order valence-electron chi connectivity index (χ2n) is 5.07. The highest BCUT2D eigenvalue weighted by molar-refractivity contribution is 6.02. The third kappa shape index (κ3) is 2.90. The molecule has 0 saturated heterocycles. The highest BCUT2D eigenvalue weighted by Gasteiger charge is 2.14. The van der Waals surface area contributed by atoms with Gasteiger partial charge in [-0.1, -0.05) is 19.1 Å². The Labute approximate surface area is 133 Å². The summed E-state index contributed by atoms with van der Waals surface area (Å²) in [4.78, 5) is 20.8. The predicted octanol–water partition coefficient (Wildman–Crippen LogP) is 2.97. The highest BCUT2D eigenvalue weighted by Crippen LogP contribution is 2.20. The summed E-state index contributed by atoms with van der Waals surface area (Å²) in [6, 6.07) is 12.8. The maximum Gasteiger partial charge on any atom is 0.276 e. The molecule has 6 heteroatoms. The van der Waals surface area contributed by atoms with Crippen LogP contribution in [-0.4, -0.2) is 20.4 Å². The lowest BCUT2D eigenvalue weighted by atomic mass is 10.2. The number of nitrogens with one attached hydrogen (secondary N) is 1. The molecule has 0 unspecified atom stereocenters. The Morgan fingerprint density at radius 1 is 1.30 bits per heavy atom. The first-order valence-corrected chi connectivity index (χ1v) is 7.35. The van der Waals surface area contributed by atoms with Gasteiger partial charge in [-0.25, -0.2) is 9.97 Å². The minimum absolute atomic E-state index is 0.249. The molecule has 3 rings (SSSR count). The van der Waals surface area contributed by atoms with Crippen LogP contribution in [0.3, 0.4) is 0 Å². The summed E-state index contributed by atoms with van der Waals surface area (Å²) in [5.74, 6) is 0.159. The molecule has 0 radical (unpaired) electrons. The maximum absolute atomic E-state index is 12.3. The van der Waals surface area contributed by atoms with Gasteiger partial charge in [-0.3, -0.25) is 10.1 Å². The van der Waals surface area contributed by atoms with Crippen LogP contribution in [0.15, 0.2) is 42.6 Å². The van der Waals surface area contributed by atoms with Gasteiger partial charge in [0.1, 0.15) is 11.8 Å². The van der Waals surface area contributed by atoms with Gasteiger partial charge in [-0.05, 0) is 30.7 Å². The molecule has 0 saturated carbocycles. The zero-order chi connectivity index (χ0) is 16.2. The van der Waals surface area contributed by atoms with E-state index < -0.39 is 0 Å². The first-order chi connectivity index (χ1) is 11.2. The second-order valence-corrected chi connectivity index (χ2v) is 5.07. The third-order valence-corrected chi connectivity index (χ3v) is 3.45. The molecule has 114 valence electrons. The lowest BCUT2D eigenvalue weighted by Crippen LogP contribution is -2.17. The molecule has 0 atom stereocenters. The number of hydrogen-bond acceptors (Lipinski definition) is 4. The van der Waals surface area contributed by atoms with Gasteiger partial charge in [0.15, 0.2) is 0 Å². The Morgan fingerprint density at radius 2 is 2.13 bits per heavy atom. The number of hydrogen-bond donors (Lipinski definition) is 1. The molecule has 3 aromatic rings. The first-order valence-electron chi connectivity index (χ1n) is 7.35. The normalized spacial score (nSPS) is 10.4. The van der Waals surface area contributed by atoms with Gasteiger partial charge in [0.2, 0.25) is 5.95 Å². The van der Waals surface area contributed by atoms with Crippen LogP contribution in [0.4, 0.5) is 5.95 Å². The van der Waals surface area contributed by atoms with Crippen LogP contribution in [0, 0.1) is 11.3 Å². The quantitative estimate of drug-likeness (QED) is 0.803. The number of carbonyl (C=O) groups is 1. The third-order valence-electron chi connectivity index (χ3n) is 3.45. The summed E-state index contributed by atoms with van der Waals surface area (Å²) in [6.07, 6.45) is 2.31. The van der Waals surface area contributed by atoms with Crippen molar-refractivity contribution < 1.29 is 4.79 Å². The monoisotopic (exact) mass is 305 g/mol. The average Bonchev–Trinajstić information content (AvgIpc) is 2.93. The van der Waals surface area contributed by atoms with E-state index in [1.54, 1.807) is 6.07 Å². The summed E-state index contributed by atoms with van der Waals surface area (Å²) < 4.78 is 1.98. The van der Waals surface area contributed by atoms with E-state index >= 15 is 0 Å². The van der Waals surface area contributed by atoms with Crippen molar-refractivity contribution in [2.75, 3.05) is 5.32 Å². The van der Waals surface area contributed by atoms with Gasteiger partial charge < -0.3 is 4.57 Å². The molecule has 1 N–H and O–H groups in total. The molecule has 0 aliphatic heterocycles. The molecule has 6 nitrogen and oxygen atoms in total. The van der Waals surface area contributed by atoms with Crippen molar-refractivity contribution in [1.29, 1.82) is 5.26 Å². The number of para-hydroxylation sites is 2. The fourth-order valence-electron chi connectivity index (χ4n) is 2.38. The topological polar surface area (TPSA) is 83.6 Å². The summed E-state index contributed by atoms with van der Waals surface area (Å²) >= 11 is 0. The molecule has 2 aromatic heterocycles. The van der Waals surface area contributed by atoms with Crippen molar-refractivity contribution in [3.63, 3.8) is 0 Å². The van der Waals surface area contributed by atoms with Crippen LogP contribution in [-0.2, 0) is 6.54 Å². The largest absolute Gasteiger partial charge is 0.310 e. The zero-order valence-corrected chi connectivity index (χ0v) is 12.7. The fraction of sp³-hybridized carbons (Fsp3) is 0.176. The van der Waals surface area contributed by atoms with Crippen molar-refractivity contribution in [1.82, 2.24) is 14.5 Å². The number of carbonyl (C=O) groups excluding carboxylic acids is 1. The Hall–Kier alpha value is -3.20. The Balaban J connectivity index is 1.92. The summed E-state index contributed by atoms with van der Waals surface area (Å²) in [6.45, 7) is 2.83. The van der Waals surface area contributed by atoms with Gasteiger partial charge in [0.25, 0.3) is 5.91 Å². The van der Waals surface area contributed by atoms with Crippen molar-refractivity contribution in [3.8, 4) is 6.07 Å². The summed E-state index contributed by atoms with van der Waals surface area (Å²) in [5.41, 5.74) is 2.49. The van der Waals surface area contributed by atoms with E-state index in [-0.39, 0.29) is 11.6 Å². The number of nitrogens with zero attached hydrogens (tertiary/aromatic N) is 4. The van der Waals surface area contributed by atoms with Crippen LogP contribution in [0.5, 0.6) is 0 Å². The number of amides is 1. The molecular weight excluding hydrogens is 290 g/mol. The maximum atomic E-state index is 12.3. The Bertz CT molecular complexity index is 889. The molecule has 0 fully saturated rings. The highest BCUT2D eigenvalue weighted by atomic mass is 16.2. The molecule has 2 heterocycles. The number of aromatic nitrogens is 3. The number of pyridine rings is 1. The summed E-state index contributed by atoms with van der Waals surface area (Å²) in [5, 5.41) is 11.6. The number of benzene rings is 1. The SMILES string of the molecule is CCCn1c(NC(=O)c2ccc(C#N)cn2)nc2ccccc21. The predicted molar refractivity (Wildman–Crippen MR) is 86.9 cm³/mol.